The summed E-state index contributed by atoms with van der Waals surface area (Å²) < 4.78 is 11.2. The fourth-order valence-electron chi connectivity index (χ4n) is 2.39. The molecule has 0 saturated carbocycles. The molecule has 3 aromatic carbocycles. The molecule has 0 radical (unpaired) electrons. The van der Waals surface area contributed by atoms with Crippen molar-refractivity contribution in [1.29, 1.82) is 0 Å². The summed E-state index contributed by atoms with van der Waals surface area (Å²) in [6.07, 6.45) is 0. The van der Waals surface area contributed by atoms with E-state index in [0.717, 1.165) is 5.56 Å². The Morgan fingerprint density at radius 1 is 1.04 bits per heavy atom. The molecule has 0 N–H and O–H groups in total. The Kier molecular flexibility index (Phi) is 6.81. The molecule has 0 bridgehead atoms. The minimum absolute atomic E-state index is 0. The predicted octanol–water partition coefficient (Wildman–Crippen LogP) is 4.98. The van der Waals surface area contributed by atoms with E-state index in [4.69, 9.17) is 9.15 Å². The van der Waals surface area contributed by atoms with Crippen LogP contribution in [0.25, 0.3) is 22.3 Å². The van der Waals surface area contributed by atoms with Gasteiger partial charge in [-0.1, -0.05) is 5.56 Å². The molecule has 0 atom stereocenters. The first-order valence-electron chi connectivity index (χ1n) is 7.87. The van der Waals surface area contributed by atoms with Gasteiger partial charge in [0.25, 0.3) is 0 Å². The van der Waals surface area contributed by atoms with E-state index in [9.17, 15) is 4.79 Å². The number of hydrogen-bond donors (Lipinski definition) is 0. The van der Waals surface area contributed by atoms with Crippen LogP contribution in [0.2, 0.25) is 0 Å². The molecule has 0 saturated heterocycles. The van der Waals surface area contributed by atoms with Gasteiger partial charge in [-0.3, -0.25) is 0 Å². The zero-order valence-electron chi connectivity index (χ0n) is 13.8. The van der Waals surface area contributed by atoms with E-state index in [0.29, 0.717) is 29.1 Å². The Bertz CT molecular complexity index is 918. The van der Waals surface area contributed by atoms with Crippen molar-refractivity contribution in [3.63, 3.8) is 0 Å². The molecule has 0 unspecified atom stereocenters. The van der Waals surface area contributed by atoms with Crippen molar-refractivity contribution < 1.29 is 26.2 Å². The number of ether oxygens (including phenoxy) is 1. The molecule has 0 aliphatic carbocycles. The summed E-state index contributed by atoms with van der Waals surface area (Å²) in [6, 6.07) is 24.5. The number of benzene rings is 1. The van der Waals surface area contributed by atoms with Crippen LogP contribution in [0.15, 0.2) is 88.1 Å². The molecular weight excluding hydrogens is 356 g/mol. The molecule has 0 spiro atoms. The number of hydrogen-bond acceptors (Lipinski definition) is 3. The van der Waals surface area contributed by atoms with Crippen LogP contribution in [0.3, 0.4) is 0 Å². The van der Waals surface area contributed by atoms with Crippen molar-refractivity contribution >= 4 is 11.0 Å². The van der Waals surface area contributed by atoms with Gasteiger partial charge >= 0.3 is 0 Å². The van der Waals surface area contributed by atoms with Crippen LogP contribution in [0.5, 0.6) is 5.75 Å². The van der Waals surface area contributed by atoms with Gasteiger partial charge in [0.2, 0.25) is 0 Å². The molecule has 0 fully saturated rings. The predicted molar refractivity (Wildman–Crippen MR) is 96.7 cm³/mol. The largest absolute Gasteiger partial charge is 0.748 e. The summed E-state index contributed by atoms with van der Waals surface area (Å²) in [4.78, 5) is 12.1. The topological polar surface area (TPSA) is 39.4 Å². The maximum atomic E-state index is 12.1. The third-order valence-corrected chi connectivity index (χ3v) is 3.51. The minimum Gasteiger partial charge on any atom is -0.748 e. The Morgan fingerprint density at radius 2 is 1.68 bits per heavy atom. The molecule has 134 valence electrons. The van der Waals surface area contributed by atoms with E-state index in [1.807, 2.05) is 67.6 Å². The fraction of sp³-hybridized carbons (Fsp3) is 0.0952. The average molecular weight is 374 g/mol. The second-order valence-corrected chi connectivity index (χ2v) is 5.20. The standard InChI is InChI=1S/C16H13O3.C5H5.Fe/c1-2-18-12-7-8-15-13(9-12)14(17)10-16(19-15)11-5-3-4-6-11;1-2-4-5-3-1;/h3-10H,2H2,1H3;1-5H;/q-1;-5;. The van der Waals surface area contributed by atoms with E-state index in [2.05, 4.69) is 0 Å². The third-order valence-electron chi connectivity index (χ3n) is 3.51. The van der Waals surface area contributed by atoms with E-state index < -0.39 is 0 Å². The van der Waals surface area contributed by atoms with Crippen LogP contribution in [0.4, 0.5) is 0 Å². The molecule has 25 heavy (non-hydrogen) atoms. The molecule has 1 heterocycles. The second kappa shape index (κ2) is 9.07. The SMILES string of the molecule is CCOc1ccc2oc(-[c-]3cccc3)cc(=O)c2c1.[Fe].[cH-]1[cH-][cH-][cH-][cH-]1. The average Bonchev–Trinajstić information content (AvgIpc) is 3.32. The maximum absolute atomic E-state index is 12.1. The van der Waals surface area contributed by atoms with Gasteiger partial charge in [-0.15, -0.1) is 12.1 Å². The summed E-state index contributed by atoms with van der Waals surface area (Å²) in [5, 5.41) is 0.543. The monoisotopic (exact) mass is 374 g/mol. The summed E-state index contributed by atoms with van der Waals surface area (Å²) in [6.45, 7) is 2.48. The van der Waals surface area contributed by atoms with Crippen LogP contribution in [-0.4, -0.2) is 6.61 Å². The van der Waals surface area contributed by atoms with Crippen LogP contribution in [0.1, 0.15) is 6.92 Å². The summed E-state index contributed by atoms with van der Waals surface area (Å²) in [7, 11) is 0. The van der Waals surface area contributed by atoms with Gasteiger partial charge in [0.15, 0.2) is 5.43 Å². The molecule has 0 aliphatic heterocycles. The van der Waals surface area contributed by atoms with Gasteiger partial charge in [0, 0.05) is 17.1 Å². The Labute approximate surface area is 157 Å². The molecule has 4 heteroatoms. The van der Waals surface area contributed by atoms with Crippen molar-refractivity contribution in [2.75, 3.05) is 6.61 Å². The molecule has 0 aliphatic rings. The summed E-state index contributed by atoms with van der Waals surface area (Å²) in [5.41, 5.74) is 1.43. The Balaban J connectivity index is 0.000000325. The van der Waals surface area contributed by atoms with Gasteiger partial charge in [-0.05, 0) is 31.2 Å². The van der Waals surface area contributed by atoms with Crippen LogP contribution in [0, 0.1) is 0 Å². The van der Waals surface area contributed by atoms with Gasteiger partial charge in [0.1, 0.15) is 11.3 Å². The molecule has 4 rings (SSSR count). The van der Waals surface area contributed by atoms with E-state index >= 15 is 0 Å². The Hall–Kier alpha value is -2.55. The van der Waals surface area contributed by atoms with Gasteiger partial charge in [-0.25, -0.2) is 0 Å². The maximum Gasteiger partial charge on any atom is 0.153 e. The summed E-state index contributed by atoms with van der Waals surface area (Å²) in [5.74, 6) is 1.27. The second-order valence-electron chi connectivity index (χ2n) is 5.20. The van der Waals surface area contributed by atoms with Crippen molar-refractivity contribution in [2.24, 2.45) is 0 Å². The van der Waals surface area contributed by atoms with Gasteiger partial charge in [0.05, 0.1) is 17.8 Å². The minimum atomic E-state index is -0.0565. The summed E-state index contributed by atoms with van der Waals surface area (Å²) >= 11 is 0. The number of rotatable bonds is 3. The van der Waals surface area contributed by atoms with Gasteiger partial charge < -0.3 is 44.3 Å². The van der Waals surface area contributed by atoms with E-state index in [-0.39, 0.29) is 22.5 Å². The van der Waals surface area contributed by atoms with E-state index in [1.165, 1.54) is 6.07 Å². The number of fused-ring (bicyclic) bond motifs is 1. The molecule has 3 nitrogen and oxygen atoms in total. The first-order chi connectivity index (χ1) is 11.8. The first-order valence-corrected chi connectivity index (χ1v) is 7.87. The fourth-order valence-corrected chi connectivity index (χ4v) is 2.39. The zero-order chi connectivity index (χ0) is 16.8. The van der Waals surface area contributed by atoms with Crippen LogP contribution in [-0.2, 0) is 17.1 Å². The van der Waals surface area contributed by atoms with Crippen molar-refractivity contribution in [3.05, 3.63) is 89.1 Å². The quantitative estimate of drug-likeness (QED) is 0.375. The third kappa shape index (κ3) is 4.72. The molecular formula is C21H18FeO3-6. The molecule has 1 aromatic heterocycles. The van der Waals surface area contributed by atoms with Crippen molar-refractivity contribution in [2.45, 2.75) is 6.92 Å². The van der Waals surface area contributed by atoms with E-state index in [1.54, 1.807) is 12.1 Å². The van der Waals surface area contributed by atoms with Crippen molar-refractivity contribution in [3.8, 4) is 17.1 Å². The van der Waals surface area contributed by atoms with Crippen molar-refractivity contribution in [1.82, 2.24) is 0 Å². The van der Waals surface area contributed by atoms with Gasteiger partial charge in [-0.2, -0.15) is 12.1 Å². The molecule has 4 aromatic rings. The van der Waals surface area contributed by atoms with Crippen LogP contribution >= 0.6 is 0 Å². The van der Waals surface area contributed by atoms with Crippen LogP contribution < -0.4 is 10.2 Å². The Morgan fingerprint density at radius 3 is 2.28 bits per heavy atom. The zero-order valence-corrected chi connectivity index (χ0v) is 14.9. The normalized spacial score (nSPS) is 9.80. The smallest absolute Gasteiger partial charge is 0.153 e. The molecule has 0 amide bonds. The first kappa shape index (κ1) is 18.8.